The van der Waals surface area contributed by atoms with Gasteiger partial charge < -0.3 is 5.32 Å². The van der Waals surface area contributed by atoms with Gasteiger partial charge in [-0.25, -0.2) is 4.52 Å². The third-order valence-corrected chi connectivity index (χ3v) is 2.72. The number of carbonyl (C=O) groups is 1. The number of amides is 1. The fourth-order valence-corrected chi connectivity index (χ4v) is 1.70. The molecule has 2 heterocycles. The second-order valence-electron chi connectivity index (χ2n) is 3.91. The first-order valence-electron chi connectivity index (χ1n) is 5.53. The van der Waals surface area contributed by atoms with Gasteiger partial charge in [-0.1, -0.05) is 6.07 Å². The van der Waals surface area contributed by atoms with Crippen molar-refractivity contribution in [3.8, 4) is 0 Å². The lowest BCUT2D eigenvalue weighted by atomic mass is 10.2. The van der Waals surface area contributed by atoms with E-state index in [1.807, 2.05) is 31.3 Å². The van der Waals surface area contributed by atoms with Crippen LogP contribution in [0.1, 0.15) is 23.7 Å². The highest BCUT2D eigenvalue weighted by atomic mass is 35.5. The molecule has 0 radical (unpaired) electrons. The molecule has 1 amide bonds. The number of rotatable bonds is 4. The first-order chi connectivity index (χ1) is 8.18. The van der Waals surface area contributed by atoms with Gasteiger partial charge >= 0.3 is 0 Å². The average Bonchev–Trinajstić information content (AvgIpc) is 2.72. The summed E-state index contributed by atoms with van der Waals surface area (Å²) in [5.41, 5.74) is 1.40. The molecule has 5 heteroatoms. The van der Waals surface area contributed by atoms with Crippen LogP contribution >= 0.6 is 11.6 Å². The normalized spacial score (nSPS) is 12.6. The number of hydrogen-bond donors (Lipinski definition) is 1. The number of carbonyl (C=O) groups excluding carboxylic acids is 1. The molecule has 2 aromatic rings. The maximum atomic E-state index is 11.9. The van der Waals surface area contributed by atoms with E-state index in [1.54, 1.807) is 10.7 Å². The topological polar surface area (TPSA) is 46.4 Å². The summed E-state index contributed by atoms with van der Waals surface area (Å²) in [7, 11) is 0. The lowest BCUT2D eigenvalue weighted by molar-refractivity contribution is 0.0955. The van der Waals surface area contributed by atoms with E-state index >= 15 is 0 Å². The van der Waals surface area contributed by atoms with Gasteiger partial charge in [0.25, 0.3) is 5.91 Å². The maximum absolute atomic E-state index is 11.9. The summed E-state index contributed by atoms with van der Waals surface area (Å²) in [6, 6.07) is 5.62. The van der Waals surface area contributed by atoms with Crippen molar-refractivity contribution in [2.75, 3.05) is 6.54 Å². The van der Waals surface area contributed by atoms with Gasteiger partial charge in [0.2, 0.25) is 0 Å². The first-order valence-corrected chi connectivity index (χ1v) is 5.97. The molecule has 2 aromatic heterocycles. The number of aromatic nitrogens is 2. The Morgan fingerprint density at radius 3 is 3.18 bits per heavy atom. The molecule has 2 rings (SSSR count). The third-order valence-electron chi connectivity index (χ3n) is 2.50. The molecule has 0 bridgehead atoms. The highest BCUT2D eigenvalue weighted by Gasteiger charge is 2.11. The summed E-state index contributed by atoms with van der Waals surface area (Å²) in [4.78, 5) is 11.9. The minimum Gasteiger partial charge on any atom is -0.352 e. The van der Waals surface area contributed by atoms with Crippen molar-refractivity contribution in [2.24, 2.45) is 0 Å². The predicted molar refractivity (Wildman–Crippen MR) is 67.5 cm³/mol. The van der Waals surface area contributed by atoms with Crippen LogP contribution in [0.2, 0.25) is 0 Å². The van der Waals surface area contributed by atoms with Crippen LogP contribution in [-0.4, -0.2) is 27.4 Å². The van der Waals surface area contributed by atoms with Crippen molar-refractivity contribution in [3.63, 3.8) is 0 Å². The Hall–Kier alpha value is -1.55. The summed E-state index contributed by atoms with van der Waals surface area (Å²) in [6.07, 6.45) is 4.15. The summed E-state index contributed by atoms with van der Waals surface area (Å²) in [6.45, 7) is 2.48. The van der Waals surface area contributed by atoms with E-state index in [2.05, 4.69) is 10.4 Å². The average molecular weight is 252 g/mol. The molecule has 0 saturated heterocycles. The smallest absolute Gasteiger partial charge is 0.255 e. The van der Waals surface area contributed by atoms with Crippen LogP contribution in [0.3, 0.4) is 0 Å². The highest BCUT2D eigenvalue weighted by Crippen LogP contribution is 2.09. The Balaban J connectivity index is 2.09. The molecule has 1 N–H and O–H groups in total. The molecule has 17 heavy (non-hydrogen) atoms. The van der Waals surface area contributed by atoms with Crippen LogP contribution < -0.4 is 5.32 Å². The zero-order valence-electron chi connectivity index (χ0n) is 9.56. The molecule has 0 aliphatic heterocycles. The Morgan fingerprint density at radius 1 is 1.59 bits per heavy atom. The second-order valence-corrected chi connectivity index (χ2v) is 4.66. The third kappa shape index (κ3) is 2.77. The van der Waals surface area contributed by atoms with Gasteiger partial charge in [0.1, 0.15) is 0 Å². The van der Waals surface area contributed by atoms with Gasteiger partial charge in [-0.2, -0.15) is 5.10 Å². The molecule has 0 fully saturated rings. The van der Waals surface area contributed by atoms with Gasteiger partial charge in [0.05, 0.1) is 17.3 Å². The van der Waals surface area contributed by atoms with Crippen molar-refractivity contribution >= 4 is 23.0 Å². The minimum absolute atomic E-state index is 0.0687. The lowest BCUT2D eigenvalue weighted by Gasteiger charge is -2.05. The predicted octanol–water partition coefficient (Wildman–Crippen LogP) is 2.08. The number of pyridine rings is 1. The summed E-state index contributed by atoms with van der Waals surface area (Å²) < 4.78 is 1.68. The van der Waals surface area contributed by atoms with Crippen LogP contribution in [0.4, 0.5) is 0 Å². The standard InChI is InChI=1S/C12H14ClN3O/c1-9(13)5-6-14-12(17)10-8-15-16-7-3-2-4-11(10)16/h2-4,7-9H,5-6H2,1H3,(H,14,17). The minimum atomic E-state index is -0.108. The van der Waals surface area contributed by atoms with E-state index in [0.29, 0.717) is 12.1 Å². The number of nitrogens with zero attached hydrogens (tertiary/aromatic N) is 2. The molecule has 1 atom stereocenters. The number of alkyl halides is 1. The van der Waals surface area contributed by atoms with E-state index in [1.165, 1.54) is 0 Å². The van der Waals surface area contributed by atoms with Crippen molar-refractivity contribution in [3.05, 3.63) is 36.2 Å². The van der Waals surface area contributed by atoms with Crippen LogP contribution in [0, 0.1) is 0 Å². The van der Waals surface area contributed by atoms with E-state index < -0.39 is 0 Å². The van der Waals surface area contributed by atoms with Gasteiger partial charge in [-0.3, -0.25) is 4.79 Å². The number of halogens is 1. The van der Waals surface area contributed by atoms with Crippen molar-refractivity contribution in [1.29, 1.82) is 0 Å². The van der Waals surface area contributed by atoms with E-state index in [4.69, 9.17) is 11.6 Å². The molecular weight excluding hydrogens is 238 g/mol. The molecule has 1 unspecified atom stereocenters. The van der Waals surface area contributed by atoms with Crippen molar-refractivity contribution < 1.29 is 4.79 Å². The fraction of sp³-hybridized carbons (Fsp3) is 0.333. The van der Waals surface area contributed by atoms with E-state index in [9.17, 15) is 4.79 Å². The molecular formula is C12H14ClN3O. The summed E-state index contributed by atoms with van der Waals surface area (Å²) in [5, 5.41) is 7.01. The van der Waals surface area contributed by atoms with Gasteiger partial charge in [-0.05, 0) is 25.5 Å². The summed E-state index contributed by atoms with van der Waals surface area (Å²) in [5.74, 6) is -0.108. The van der Waals surface area contributed by atoms with Crippen LogP contribution in [0.5, 0.6) is 0 Å². The number of hydrogen-bond acceptors (Lipinski definition) is 2. The van der Waals surface area contributed by atoms with Gasteiger partial charge in [0, 0.05) is 18.1 Å². The number of nitrogens with one attached hydrogen (secondary N) is 1. The largest absolute Gasteiger partial charge is 0.352 e. The Bertz CT molecular complexity index is 521. The zero-order valence-corrected chi connectivity index (χ0v) is 10.3. The second kappa shape index (κ2) is 5.19. The maximum Gasteiger partial charge on any atom is 0.255 e. The van der Waals surface area contributed by atoms with Gasteiger partial charge in [0.15, 0.2) is 0 Å². The molecule has 0 aliphatic rings. The molecule has 90 valence electrons. The quantitative estimate of drug-likeness (QED) is 0.846. The molecule has 0 aliphatic carbocycles. The molecule has 4 nitrogen and oxygen atoms in total. The Morgan fingerprint density at radius 2 is 2.41 bits per heavy atom. The SMILES string of the molecule is CC(Cl)CCNC(=O)c1cnn2ccccc12. The van der Waals surface area contributed by atoms with Crippen LogP contribution in [-0.2, 0) is 0 Å². The Labute approximate surface area is 105 Å². The Kier molecular flexibility index (Phi) is 3.64. The fourth-order valence-electron chi connectivity index (χ4n) is 1.59. The van der Waals surface area contributed by atoms with E-state index in [-0.39, 0.29) is 11.3 Å². The molecule has 0 spiro atoms. The monoisotopic (exact) mass is 251 g/mol. The van der Waals surface area contributed by atoms with Crippen LogP contribution in [0.15, 0.2) is 30.6 Å². The van der Waals surface area contributed by atoms with Crippen molar-refractivity contribution in [2.45, 2.75) is 18.7 Å². The zero-order chi connectivity index (χ0) is 12.3. The molecule has 0 aromatic carbocycles. The first kappa shape index (κ1) is 11.9. The number of fused-ring (bicyclic) bond motifs is 1. The van der Waals surface area contributed by atoms with E-state index in [0.717, 1.165) is 11.9 Å². The molecule has 0 saturated carbocycles. The lowest BCUT2D eigenvalue weighted by Crippen LogP contribution is -2.25. The van der Waals surface area contributed by atoms with Crippen molar-refractivity contribution in [1.82, 2.24) is 14.9 Å². The highest BCUT2D eigenvalue weighted by molar-refractivity contribution is 6.20. The summed E-state index contributed by atoms with van der Waals surface area (Å²) >= 11 is 5.81. The van der Waals surface area contributed by atoms with Crippen LogP contribution in [0.25, 0.3) is 5.52 Å². The van der Waals surface area contributed by atoms with Gasteiger partial charge in [-0.15, -0.1) is 11.6 Å².